The van der Waals surface area contributed by atoms with E-state index >= 15 is 0 Å². The molecule has 2 fully saturated rings. The highest BCUT2D eigenvalue weighted by Crippen LogP contribution is 2.23. The average molecular weight is 389 g/mol. The highest BCUT2D eigenvalue weighted by molar-refractivity contribution is 6.07. The molecule has 0 spiro atoms. The standard InChI is InChI=1S/C23H23N3O3/c27-21(25-20-5-2-1-4-19(20)23(29)24-17-10-11-17)14-9-16-7-12-18(13-8-16)26-15-3-6-22(26)28/h1-2,4-5,7-9,12-14,17H,3,6,10-11,15H2,(H,24,29)(H,25,27)/b14-9+. The second-order valence-corrected chi connectivity index (χ2v) is 7.36. The summed E-state index contributed by atoms with van der Waals surface area (Å²) in [5.74, 6) is -0.327. The van der Waals surface area contributed by atoms with Crippen LogP contribution in [0.4, 0.5) is 11.4 Å². The first-order valence-corrected chi connectivity index (χ1v) is 9.89. The van der Waals surface area contributed by atoms with Gasteiger partial charge in [0.2, 0.25) is 11.8 Å². The number of nitrogens with zero attached hydrogens (tertiary/aromatic N) is 1. The number of rotatable bonds is 6. The molecule has 2 aliphatic rings. The van der Waals surface area contributed by atoms with Gasteiger partial charge in [0.05, 0.1) is 11.3 Å². The first-order chi connectivity index (χ1) is 14.1. The molecule has 2 aromatic carbocycles. The molecular formula is C23H23N3O3. The Hall–Kier alpha value is -3.41. The van der Waals surface area contributed by atoms with Crippen LogP contribution < -0.4 is 15.5 Å². The summed E-state index contributed by atoms with van der Waals surface area (Å²) in [6, 6.07) is 14.8. The molecule has 6 nitrogen and oxygen atoms in total. The van der Waals surface area contributed by atoms with Gasteiger partial charge in [-0.05, 0) is 55.2 Å². The van der Waals surface area contributed by atoms with Gasteiger partial charge in [-0.3, -0.25) is 14.4 Å². The number of para-hydroxylation sites is 1. The van der Waals surface area contributed by atoms with E-state index in [4.69, 9.17) is 0 Å². The molecule has 0 radical (unpaired) electrons. The number of hydrogen-bond acceptors (Lipinski definition) is 3. The molecule has 1 heterocycles. The summed E-state index contributed by atoms with van der Waals surface area (Å²) in [6.07, 6.45) is 6.65. The van der Waals surface area contributed by atoms with Crippen molar-refractivity contribution < 1.29 is 14.4 Å². The maximum atomic E-state index is 12.3. The third-order valence-corrected chi connectivity index (χ3v) is 5.05. The van der Waals surface area contributed by atoms with Gasteiger partial charge < -0.3 is 15.5 Å². The van der Waals surface area contributed by atoms with E-state index in [0.29, 0.717) is 17.7 Å². The van der Waals surface area contributed by atoms with Crippen LogP contribution in [0.3, 0.4) is 0 Å². The summed E-state index contributed by atoms with van der Waals surface area (Å²) < 4.78 is 0. The zero-order valence-corrected chi connectivity index (χ0v) is 16.1. The Morgan fingerprint density at radius 2 is 1.79 bits per heavy atom. The third-order valence-electron chi connectivity index (χ3n) is 5.05. The van der Waals surface area contributed by atoms with E-state index in [0.717, 1.165) is 37.1 Å². The van der Waals surface area contributed by atoms with Crippen LogP contribution in [0, 0.1) is 0 Å². The minimum atomic E-state index is -0.310. The molecule has 2 aromatic rings. The number of amides is 3. The number of benzene rings is 2. The lowest BCUT2D eigenvalue weighted by Crippen LogP contribution is -2.26. The van der Waals surface area contributed by atoms with Crippen LogP contribution in [-0.2, 0) is 9.59 Å². The molecule has 1 saturated carbocycles. The summed E-state index contributed by atoms with van der Waals surface area (Å²) >= 11 is 0. The Morgan fingerprint density at radius 3 is 2.48 bits per heavy atom. The van der Waals surface area contributed by atoms with Gasteiger partial charge in [-0.15, -0.1) is 0 Å². The Kier molecular flexibility index (Phi) is 5.42. The van der Waals surface area contributed by atoms with Crippen molar-refractivity contribution in [2.24, 2.45) is 0 Å². The lowest BCUT2D eigenvalue weighted by atomic mass is 10.1. The monoisotopic (exact) mass is 389 g/mol. The van der Waals surface area contributed by atoms with Crippen LogP contribution in [0.1, 0.15) is 41.6 Å². The van der Waals surface area contributed by atoms with Crippen molar-refractivity contribution >= 4 is 35.2 Å². The van der Waals surface area contributed by atoms with Crippen LogP contribution in [0.5, 0.6) is 0 Å². The maximum Gasteiger partial charge on any atom is 0.253 e. The molecule has 0 atom stereocenters. The fourth-order valence-corrected chi connectivity index (χ4v) is 3.31. The predicted molar refractivity (Wildman–Crippen MR) is 113 cm³/mol. The largest absolute Gasteiger partial charge is 0.349 e. The van der Waals surface area contributed by atoms with Crippen molar-refractivity contribution in [3.05, 3.63) is 65.7 Å². The van der Waals surface area contributed by atoms with Gasteiger partial charge in [0, 0.05) is 30.8 Å². The second kappa shape index (κ2) is 8.31. The molecule has 0 aromatic heterocycles. The zero-order chi connectivity index (χ0) is 20.2. The first-order valence-electron chi connectivity index (χ1n) is 9.89. The number of hydrogen-bond donors (Lipinski definition) is 2. The second-order valence-electron chi connectivity index (χ2n) is 7.36. The zero-order valence-electron chi connectivity index (χ0n) is 16.1. The molecule has 1 aliphatic carbocycles. The quantitative estimate of drug-likeness (QED) is 0.744. The van der Waals surface area contributed by atoms with Crippen LogP contribution >= 0.6 is 0 Å². The van der Waals surface area contributed by atoms with E-state index in [-0.39, 0.29) is 23.8 Å². The van der Waals surface area contributed by atoms with Gasteiger partial charge in [-0.25, -0.2) is 0 Å². The summed E-state index contributed by atoms with van der Waals surface area (Å²) in [5.41, 5.74) is 2.68. The van der Waals surface area contributed by atoms with Crippen LogP contribution in [0.25, 0.3) is 6.08 Å². The van der Waals surface area contributed by atoms with Crippen molar-refractivity contribution in [2.75, 3.05) is 16.8 Å². The fourth-order valence-electron chi connectivity index (χ4n) is 3.31. The van der Waals surface area contributed by atoms with Gasteiger partial charge >= 0.3 is 0 Å². The molecule has 29 heavy (non-hydrogen) atoms. The Balaban J connectivity index is 1.39. The van der Waals surface area contributed by atoms with Crippen LogP contribution in [0.15, 0.2) is 54.6 Å². The Labute approximate surface area is 169 Å². The number of anilines is 2. The van der Waals surface area contributed by atoms with Crippen molar-refractivity contribution in [1.29, 1.82) is 0 Å². The minimum Gasteiger partial charge on any atom is -0.349 e. The fraction of sp³-hybridized carbons (Fsp3) is 0.261. The summed E-state index contributed by atoms with van der Waals surface area (Å²) in [7, 11) is 0. The highest BCUT2D eigenvalue weighted by Gasteiger charge is 2.25. The van der Waals surface area contributed by atoms with Crippen molar-refractivity contribution in [3.8, 4) is 0 Å². The smallest absolute Gasteiger partial charge is 0.253 e. The molecule has 148 valence electrons. The van der Waals surface area contributed by atoms with E-state index in [9.17, 15) is 14.4 Å². The molecule has 1 saturated heterocycles. The van der Waals surface area contributed by atoms with Gasteiger partial charge in [-0.2, -0.15) is 0 Å². The predicted octanol–water partition coefficient (Wildman–Crippen LogP) is 3.36. The normalized spacial score (nSPS) is 16.3. The topological polar surface area (TPSA) is 78.5 Å². The summed E-state index contributed by atoms with van der Waals surface area (Å²) in [6.45, 7) is 0.754. The molecule has 2 N–H and O–H groups in total. The SMILES string of the molecule is O=C(/C=C/c1ccc(N2CCCC2=O)cc1)Nc1ccccc1C(=O)NC1CC1. The minimum absolute atomic E-state index is 0.150. The molecule has 0 bridgehead atoms. The Bertz CT molecular complexity index is 962. The van der Waals surface area contributed by atoms with E-state index in [2.05, 4.69) is 10.6 Å². The molecule has 3 amide bonds. The van der Waals surface area contributed by atoms with Crippen molar-refractivity contribution in [2.45, 2.75) is 31.7 Å². The maximum absolute atomic E-state index is 12.3. The molecular weight excluding hydrogens is 366 g/mol. The van der Waals surface area contributed by atoms with Crippen molar-refractivity contribution in [3.63, 3.8) is 0 Å². The van der Waals surface area contributed by atoms with Crippen LogP contribution in [-0.4, -0.2) is 30.3 Å². The average Bonchev–Trinajstić information content (AvgIpc) is 3.44. The van der Waals surface area contributed by atoms with Gasteiger partial charge in [-0.1, -0.05) is 24.3 Å². The lowest BCUT2D eigenvalue weighted by Gasteiger charge is -2.15. The highest BCUT2D eigenvalue weighted by atomic mass is 16.2. The third kappa shape index (κ3) is 4.71. The number of nitrogens with one attached hydrogen (secondary N) is 2. The van der Waals surface area contributed by atoms with E-state index in [1.54, 1.807) is 35.2 Å². The van der Waals surface area contributed by atoms with Crippen molar-refractivity contribution in [1.82, 2.24) is 5.32 Å². The summed E-state index contributed by atoms with van der Waals surface area (Å²) in [4.78, 5) is 38.3. The molecule has 0 unspecified atom stereocenters. The first kappa shape index (κ1) is 18.9. The summed E-state index contributed by atoms with van der Waals surface area (Å²) in [5, 5.41) is 5.71. The van der Waals surface area contributed by atoms with Gasteiger partial charge in [0.25, 0.3) is 5.91 Å². The van der Waals surface area contributed by atoms with E-state index < -0.39 is 0 Å². The van der Waals surface area contributed by atoms with Gasteiger partial charge in [0.15, 0.2) is 0 Å². The van der Waals surface area contributed by atoms with E-state index in [1.165, 1.54) is 6.08 Å². The Morgan fingerprint density at radius 1 is 1.03 bits per heavy atom. The van der Waals surface area contributed by atoms with E-state index in [1.807, 2.05) is 24.3 Å². The molecule has 6 heteroatoms. The number of carbonyl (C=O) groups is 3. The lowest BCUT2D eigenvalue weighted by molar-refractivity contribution is -0.117. The van der Waals surface area contributed by atoms with Gasteiger partial charge in [0.1, 0.15) is 0 Å². The molecule has 4 rings (SSSR count). The number of carbonyl (C=O) groups excluding carboxylic acids is 3. The molecule has 1 aliphatic heterocycles. The van der Waals surface area contributed by atoms with Crippen LogP contribution in [0.2, 0.25) is 0 Å².